The van der Waals surface area contributed by atoms with Crippen LogP contribution in [0.4, 0.5) is 0 Å². The zero-order valence-corrected chi connectivity index (χ0v) is 17.2. The Balaban J connectivity index is 1.91. The Morgan fingerprint density at radius 2 is 1.09 bits per heavy atom. The Labute approximate surface area is 182 Å². The highest BCUT2D eigenvalue weighted by Gasteiger charge is 2.30. The van der Waals surface area contributed by atoms with Gasteiger partial charge in [-0.15, -0.1) is 0 Å². The first-order valence-electron chi connectivity index (χ1n) is 10.2. The molecule has 4 N–H and O–H groups in total. The first-order valence-corrected chi connectivity index (χ1v) is 10.2. The molecule has 0 amide bonds. The van der Waals surface area contributed by atoms with Crippen LogP contribution in [-0.2, 0) is 0 Å². The third kappa shape index (κ3) is 3.04. The average Bonchev–Trinajstić information content (AvgIpc) is 2.78. The normalized spacial score (nSPS) is 11.4. The smallest absolute Gasteiger partial charge is 0.256 e. The number of H-pyrrole nitrogens is 2. The number of hydrogen-bond donors (Lipinski definition) is 4. The molecule has 2 heterocycles. The van der Waals surface area contributed by atoms with E-state index in [1.54, 1.807) is 60.7 Å². The number of hydrogen-bond acceptors (Lipinski definition) is 4. The van der Waals surface area contributed by atoms with Crippen LogP contribution in [0.1, 0.15) is 28.2 Å². The van der Waals surface area contributed by atoms with Crippen molar-refractivity contribution in [1.82, 2.24) is 9.97 Å². The van der Waals surface area contributed by atoms with Gasteiger partial charge >= 0.3 is 0 Å². The van der Waals surface area contributed by atoms with Crippen LogP contribution < -0.4 is 11.1 Å². The summed E-state index contributed by atoms with van der Waals surface area (Å²) in [6.45, 7) is 1.93. The minimum atomic E-state index is -0.989. The van der Waals surface area contributed by atoms with E-state index in [4.69, 9.17) is 0 Å². The summed E-state index contributed by atoms with van der Waals surface area (Å²) in [5, 5.41) is 23.2. The van der Waals surface area contributed by atoms with E-state index in [0.717, 1.165) is 5.56 Å². The number of rotatable bonds is 3. The Kier molecular flexibility index (Phi) is 4.56. The first-order chi connectivity index (χ1) is 15.5. The summed E-state index contributed by atoms with van der Waals surface area (Å²) in [6.07, 6.45) is 0. The number of aromatic hydroxyl groups is 2. The molecule has 0 aliphatic carbocycles. The molecule has 0 aliphatic rings. The first kappa shape index (κ1) is 19.6. The van der Waals surface area contributed by atoms with Gasteiger partial charge in [-0.25, -0.2) is 0 Å². The minimum Gasteiger partial charge on any atom is -0.507 e. The van der Waals surface area contributed by atoms with E-state index in [0.29, 0.717) is 27.4 Å². The standard InChI is InChI=1S/C26H20N2O4/c1-14-10-12-15(13-11-14)20(21-23(29)16-6-2-4-8-18(16)27-25(21)31)22-24(30)17-7-3-5-9-19(17)28-26(22)32/h2-13,20H,1H3,(H2,27,29,31)(H2,28,30,32). The number of pyridine rings is 2. The summed E-state index contributed by atoms with van der Waals surface area (Å²) in [4.78, 5) is 32.0. The molecule has 3 aromatic carbocycles. The molecule has 0 bridgehead atoms. The van der Waals surface area contributed by atoms with Crippen molar-refractivity contribution in [2.45, 2.75) is 12.8 Å². The molecule has 158 valence electrons. The van der Waals surface area contributed by atoms with Crippen LogP contribution in [0.2, 0.25) is 0 Å². The number of aromatic amines is 2. The van der Waals surface area contributed by atoms with Crippen LogP contribution >= 0.6 is 0 Å². The highest BCUT2D eigenvalue weighted by Crippen LogP contribution is 2.41. The topological polar surface area (TPSA) is 106 Å². The number of fused-ring (bicyclic) bond motifs is 2. The lowest BCUT2D eigenvalue weighted by atomic mass is 9.84. The third-order valence-corrected chi connectivity index (χ3v) is 5.85. The summed E-state index contributed by atoms with van der Waals surface area (Å²) in [5.74, 6) is -1.43. The lowest BCUT2D eigenvalue weighted by Crippen LogP contribution is -2.24. The van der Waals surface area contributed by atoms with Gasteiger partial charge in [0.25, 0.3) is 11.1 Å². The van der Waals surface area contributed by atoms with Crippen molar-refractivity contribution in [3.63, 3.8) is 0 Å². The molecule has 0 fully saturated rings. The number of aryl methyl sites for hydroxylation is 1. The van der Waals surface area contributed by atoms with Gasteiger partial charge in [0.15, 0.2) is 0 Å². The Bertz CT molecular complexity index is 1500. The summed E-state index contributed by atoms with van der Waals surface area (Å²) in [5.41, 5.74) is 1.52. The van der Waals surface area contributed by atoms with Gasteiger partial charge in [-0.3, -0.25) is 9.59 Å². The quantitative estimate of drug-likeness (QED) is 0.347. The average molecular weight is 424 g/mol. The van der Waals surface area contributed by atoms with Gasteiger partial charge in [0.1, 0.15) is 11.5 Å². The van der Waals surface area contributed by atoms with E-state index >= 15 is 0 Å². The Hall–Kier alpha value is -4.32. The maximum Gasteiger partial charge on any atom is 0.256 e. The Morgan fingerprint density at radius 3 is 1.56 bits per heavy atom. The summed E-state index contributed by atoms with van der Waals surface area (Å²) in [7, 11) is 0. The maximum absolute atomic E-state index is 13.2. The van der Waals surface area contributed by atoms with Crippen LogP contribution in [0.15, 0.2) is 82.4 Å². The zero-order chi connectivity index (χ0) is 22.4. The Morgan fingerprint density at radius 1 is 0.656 bits per heavy atom. The SMILES string of the molecule is Cc1ccc(C(c2c(O)c3ccccc3[nH]c2=O)c2c(O)c3ccccc3[nH]c2=O)cc1. The minimum absolute atomic E-state index is 0.00336. The van der Waals surface area contributed by atoms with Crippen molar-refractivity contribution in [2.75, 3.05) is 0 Å². The maximum atomic E-state index is 13.2. The van der Waals surface area contributed by atoms with Gasteiger partial charge < -0.3 is 20.2 Å². The molecule has 0 unspecified atom stereocenters. The van der Waals surface area contributed by atoms with Crippen LogP contribution in [-0.4, -0.2) is 20.2 Å². The molecule has 0 atom stereocenters. The highest BCUT2D eigenvalue weighted by molar-refractivity contribution is 5.88. The second kappa shape index (κ2) is 7.42. The molecular formula is C26H20N2O4. The van der Waals surface area contributed by atoms with E-state index in [2.05, 4.69) is 9.97 Å². The largest absolute Gasteiger partial charge is 0.507 e. The fourth-order valence-electron chi connectivity index (χ4n) is 4.25. The highest BCUT2D eigenvalue weighted by atomic mass is 16.3. The van der Waals surface area contributed by atoms with Crippen molar-refractivity contribution in [1.29, 1.82) is 0 Å². The van der Waals surface area contributed by atoms with Crippen molar-refractivity contribution in [3.8, 4) is 11.5 Å². The predicted octanol–water partition coefficient (Wildman–Crippen LogP) is 4.27. The summed E-state index contributed by atoms with van der Waals surface area (Å²) in [6, 6.07) is 21.1. The van der Waals surface area contributed by atoms with Gasteiger partial charge in [-0.05, 0) is 36.8 Å². The molecule has 0 spiro atoms. The van der Waals surface area contributed by atoms with Gasteiger partial charge in [0, 0.05) is 10.8 Å². The number of benzene rings is 3. The van der Waals surface area contributed by atoms with E-state index in [-0.39, 0.29) is 22.6 Å². The van der Waals surface area contributed by atoms with Crippen LogP contribution in [0.3, 0.4) is 0 Å². The van der Waals surface area contributed by atoms with Crippen molar-refractivity contribution >= 4 is 21.8 Å². The zero-order valence-electron chi connectivity index (χ0n) is 17.2. The van der Waals surface area contributed by atoms with E-state index in [9.17, 15) is 19.8 Å². The molecule has 32 heavy (non-hydrogen) atoms. The second-order valence-electron chi connectivity index (χ2n) is 7.87. The number of para-hydroxylation sites is 2. The van der Waals surface area contributed by atoms with E-state index in [1.165, 1.54) is 0 Å². The molecule has 5 aromatic rings. The molecule has 0 saturated carbocycles. The third-order valence-electron chi connectivity index (χ3n) is 5.85. The molecule has 5 rings (SSSR count). The fraction of sp³-hybridized carbons (Fsp3) is 0.0769. The van der Waals surface area contributed by atoms with E-state index < -0.39 is 17.0 Å². The van der Waals surface area contributed by atoms with Gasteiger partial charge in [0.2, 0.25) is 0 Å². The molecule has 6 nitrogen and oxygen atoms in total. The van der Waals surface area contributed by atoms with Crippen molar-refractivity contribution < 1.29 is 10.2 Å². The van der Waals surface area contributed by atoms with E-state index in [1.807, 2.05) is 19.1 Å². The van der Waals surface area contributed by atoms with Crippen molar-refractivity contribution in [2.24, 2.45) is 0 Å². The molecule has 0 aliphatic heterocycles. The predicted molar refractivity (Wildman–Crippen MR) is 125 cm³/mol. The van der Waals surface area contributed by atoms with Gasteiger partial charge in [-0.2, -0.15) is 0 Å². The van der Waals surface area contributed by atoms with Crippen LogP contribution in [0.25, 0.3) is 21.8 Å². The number of nitrogens with one attached hydrogen (secondary N) is 2. The van der Waals surface area contributed by atoms with Gasteiger partial charge in [0.05, 0.1) is 28.1 Å². The summed E-state index contributed by atoms with van der Waals surface area (Å²) >= 11 is 0. The molecule has 0 saturated heterocycles. The number of aromatic nitrogens is 2. The van der Waals surface area contributed by atoms with Crippen LogP contribution in [0.5, 0.6) is 11.5 Å². The molecular weight excluding hydrogens is 404 g/mol. The lowest BCUT2D eigenvalue weighted by molar-refractivity contribution is 0.462. The fourth-order valence-corrected chi connectivity index (χ4v) is 4.25. The molecule has 6 heteroatoms. The monoisotopic (exact) mass is 424 g/mol. The lowest BCUT2D eigenvalue weighted by Gasteiger charge is -2.21. The van der Waals surface area contributed by atoms with Crippen LogP contribution in [0, 0.1) is 6.92 Å². The molecule has 0 radical (unpaired) electrons. The molecule has 2 aromatic heterocycles. The van der Waals surface area contributed by atoms with Gasteiger partial charge in [-0.1, -0.05) is 54.1 Å². The summed E-state index contributed by atoms with van der Waals surface area (Å²) < 4.78 is 0. The second-order valence-corrected chi connectivity index (χ2v) is 7.87. The van der Waals surface area contributed by atoms with Crippen molar-refractivity contribution in [3.05, 3.63) is 116 Å².